The summed E-state index contributed by atoms with van der Waals surface area (Å²) in [7, 11) is -1.24. The maximum absolute atomic E-state index is 4.29. The molecule has 2 nitrogen and oxygen atoms in total. The van der Waals surface area contributed by atoms with Gasteiger partial charge in [-0.15, -0.1) is 0 Å². The van der Waals surface area contributed by atoms with E-state index in [1.54, 1.807) is 0 Å². The Morgan fingerprint density at radius 2 is 1.62 bits per heavy atom. The zero-order valence-electron chi connectivity index (χ0n) is 9.64. The zero-order valence-corrected chi connectivity index (χ0v) is 10.6. The third-order valence-corrected chi connectivity index (χ3v) is 4.83. The maximum atomic E-state index is 4.29. The van der Waals surface area contributed by atoms with Gasteiger partial charge in [0.25, 0.3) is 0 Å². The van der Waals surface area contributed by atoms with E-state index in [1.807, 2.05) is 0 Å². The second-order valence-corrected chi connectivity index (χ2v) is 8.49. The fourth-order valence-corrected chi connectivity index (χ4v) is 3.08. The van der Waals surface area contributed by atoms with Gasteiger partial charge in [-0.05, 0) is 14.8 Å². The zero-order chi connectivity index (χ0) is 9.19. The Balaban J connectivity index is 0.00000144. The molecule has 0 aliphatic carbocycles. The molecule has 1 aliphatic rings. The quantitative estimate of drug-likeness (QED) is 0.376. The Morgan fingerprint density at radius 3 is 1.92 bits per heavy atom. The molecule has 4 heteroatoms. The molecule has 1 rings (SSSR count). The largest absolute Gasteiger partial charge is 1.00 e. The molecule has 0 amide bonds. The first-order valence-corrected chi connectivity index (χ1v) is 8.02. The average Bonchev–Trinajstić information content (AvgIpc) is 2.03. The number of piperazine rings is 1. The molecular weight excluding hydrogens is 171 g/mol. The first-order chi connectivity index (χ1) is 5.54. The van der Waals surface area contributed by atoms with Crippen LogP contribution >= 0.6 is 0 Å². The van der Waals surface area contributed by atoms with Crippen molar-refractivity contribution in [2.45, 2.75) is 20.0 Å². The second kappa shape index (κ2) is 5.58. The molecule has 1 aliphatic heterocycles. The van der Waals surface area contributed by atoms with Crippen LogP contribution in [0.3, 0.4) is 0 Å². The molecule has 0 bridgehead atoms. The van der Waals surface area contributed by atoms with E-state index in [0.717, 1.165) is 0 Å². The number of rotatable bonds is 2. The second-order valence-electron chi connectivity index (χ2n) is 4.23. The van der Waals surface area contributed by atoms with E-state index in [4.69, 9.17) is 0 Å². The predicted molar refractivity (Wildman–Crippen MR) is 56.5 cm³/mol. The van der Waals surface area contributed by atoms with E-state index in [0.29, 0.717) is 0 Å². The molecule has 0 saturated carbocycles. The molecular formula is C9H21LiN2Si. The van der Waals surface area contributed by atoms with Gasteiger partial charge in [-0.2, -0.15) is 0 Å². The minimum atomic E-state index is -1.24. The van der Waals surface area contributed by atoms with Crippen LogP contribution in [0, 0.1) is 6.55 Å². The monoisotopic (exact) mass is 192 g/mol. The van der Waals surface area contributed by atoms with Crippen LogP contribution in [0.15, 0.2) is 0 Å². The maximum Gasteiger partial charge on any atom is 1.00 e. The van der Waals surface area contributed by atoms with Gasteiger partial charge in [-0.1, -0.05) is 20.0 Å². The molecule has 72 valence electrons. The van der Waals surface area contributed by atoms with Gasteiger partial charge in [0.2, 0.25) is 0 Å². The fraction of sp³-hybridized carbons (Fsp3) is 0.889. The Morgan fingerprint density at radius 1 is 1.15 bits per heavy atom. The van der Waals surface area contributed by atoms with Gasteiger partial charge in [-0.25, -0.2) is 0 Å². The topological polar surface area (TPSA) is 6.48 Å². The van der Waals surface area contributed by atoms with Crippen LogP contribution in [0.5, 0.6) is 0 Å². The SMILES string of the molecule is [CH2-][Si](C)(C)N1CCN(CC)CC1.[Li+]. The number of hydrogen-bond acceptors (Lipinski definition) is 2. The molecule has 0 unspecified atom stereocenters. The minimum absolute atomic E-state index is 0. The molecule has 1 saturated heterocycles. The molecule has 13 heavy (non-hydrogen) atoms. The summed E-state index contributed by atoms with van der Waals surface area (Å²) in [5, 5.41) is 0. The van der Waals surface area contributed by atoms with Crippen molar-refractivity contribution in [1.29, 1.82) is 0 Å². The van der Waals surface area contributed by atoms with Gasteiger partial charge in [0.15, 0.2) is 0 Å². The van der Waals surface area contributed by atoms with E-state index >= 15 is 0 Å². The first kappa shape index (κ1) is 13.7. The first-order valence-electron chi connectivity index (χ1n) is 4.87. The molecule has 1 heterocycles. The molecule has 0 spiro atoms. The van der Waals surface area contributed by atoms with E-state index in [9.17, 15) is 0 Å². The summed E-state index contributed by atoms with van der Waals surface area (Å²) >= 11 is 0. The number of hydrogen-bond donors (Lipinski definition) is 0. The summed E-state index contributed by atoms with van der Waals surface area (Å²) in [6.07, 6.45) is 0. The summed E-state index contributed by atoms with van der Waals surface area (Å²) in [4.78, 5) is 2.51. The van der Waals surface area contributed by atoms with Crippen molar-refractivity contribution < 1.29 is 18.9 Å². The van der Waals surface area contributed by atoms with Crippen molar-refractivity contribution >= 4 is 8.24 Å². The van der Waals surface area contributed by atoms with Gasteiger partial charge in [0.1, 0.15) is 0 Å². The third-order valence-electron chi connectivity index (χ3n) is 2.68. The van der Waals surface area contributed by atoms with Gasteiger partial charge in [0, 0.05) is 26.2 Å². The fourth-order valence-electron chi connectivity index (χ4n) is 1.67. The van der Waals surface area contributed by atoms with Gasteiger partial charge >= 0.3 is 18.9 Å². The molecule has 0 aromatic carbocycles. The number of likely N-dealkylation sites (N-methyl/N-ethyl adjacent to an activating group) is 1. The minimum Gasteiger partial charge on any atom is -0.349 e. The van der Waals surface area contributed by atoms with E-state index < -0.39 is 8.24 Å². The van der Waals surface area contributed by atoms with Crippen LogP contribution < -0.4 is 18.9 Å². The normalized spacial score (nSPS) is 21.2. The van der Waals surface area contributed by atoms with E-state index in [-0.39, 0.29) is 18.9 Å². The molecule has 0 atom stereocenters. The average molecular weight is 192 g/mol. The molecule has 0 aromatic rings. The summed E-state index contributed by atoms with van der Waals surface area (Å²) in [6.45, 7) is 17.3. The smallest absolute Gasteiger partial charge is 0.349 e. The molecule has 0 N–H and O–H groups in total. The van der Waals surface area contributed by atoms with Crippen molar-refractivity contribution in [2.75, 3.05) is 32.7 Å². The van der Waals surface area contributed by atoms with Crippen LogP contribution in [0.2, 0.25) is 13.1 Å². The van der Waals surface area contributed by atoms with Crippen molar-refractivity contribution in [3.63, 3.8) is 0 Å². The van der Waals surface area contributed by atoms with Crippen LogP contribution in [-0.4, -0.2) is 50.4 Å². The summed E-state index contributed by atoms with van der Waals surface area (Å²) < 4.78 is 2.60. The van der Waals surface area contributed by atoms with E-state index in [1.165, 1.54) is 32.7 Å². The number of nitrogens with zero attached hydrogens (tertiary/aromatic N) is 2. The summed E-state index contributed by atoms with van der Waals surface area (Å²) in [6, 6.07) is 0. The van der Waals surface area contributed by atoms with Crippen LogP contribution in [0.1, 0.15) is 6.92 Å². The van der Waals surface area contributed by atoms with Crippen molar-refractivity contribution in [3.8, 4) is 0 Å². The molecule has 0 aromatic heterocycles. The van der Waals surface area contributed by atoms with Gasteiger partial charge < -0.3 is 16.0 Å². The van der Waals surface area contributed by atoms with Crippen LogP contribution in [-0.2, 0) is 0 Å². The summed E-state index contributed by atoms with van der Waals surface area (Å²) in [5.41, 5.74) is 0. The van der Waals surface area contributed by atoms with E-state index in [2.05, 4.69) is 36.0 Å². The van der Waals surface area contributed by atoms with Crippen molar-refractivity contribution in [3.05, 3.63) is 6.55 Å². The third kappa shape index (κ3) is 4.18. The van der Waals surface area contributed by atoms with Crippen molar-refractivity contribution in [2.24, 2.45) is 0 Å². The Bertz CT molecular complexity index is 139. The molecule has 0 radical (unpaired) electrons. The Kier molecular flexibility index (Phi) is 5.89. The summed E-state index contributed by atoms with van der Waals surface area (Å²) in [5.74, 6) is 0. The Hall–Kier alpha value is 0.734. The standard InChI is InChI=1S/C9H21N2Si.Li/c1-5-10-6-8-11(9-7-10)12(2,3)4;/h2,5-9H2,1,3-4H3;/q-1;+1. The van der Waals surface area contributed by atoms with Crippen molar-refractivity contribution in [1.82, 2.24) is 9.47 Å². The molecule has 1 fully saturated rings. The Labute approximate surface area is 95.9 Å². The van der Waals surface area contributed by atoms with Crippen LogP contribution in [0.4, 0.5) is 0 Å². The van der Waals surface area contributed by atoms with Gasteiger partial charge in [0.05, 0.1) is 0 Å². The van der Waals surface area contributed by atoms with Gasteiger partial charge in [-0.3, -0.25) is 0 Å². The predicted octanol–water partition coefficient (Wildman–Crippen LogP) is -1.79. The van der Waals surface area contributed by atoms with Crippen LogP contribution in [0.25, 0.3) is 0 Å².